The van der Waals surface area contributed by atoms with Crippen LogP contribution in [0.25, 0.3) is 0 Å². The minimum absolute atomic E-state index is 0. The van der Waals surface area contributed by atoms with Crippen LogP contribution < -0.4 is 10.2 Å². The molecule has 0 aromatic carbocycles. The number of nitrogens with zero attached hydrogens (tertiary/aromatic N) is 2. The molecule has 2 atom stereocenters. The first-order valence-corrected chi connectivity index (χ1v) is 6.52. The van der Waals surface area contributed by atoms with Crippen molar-refractivity contribution in [1.29, 1.82) is 0 Å². The second-order valence-electron chi connectivity index (χ2n) is 5.31. The lowest BCUT2D eigenvalue weighted by atomic mass is 9.90. The molecule has 0 spiro atoms. The number of piperidine rings is 1. The van der Waals surface area contributed by atoms with Gasteiger partial charge in [-0.25, -0.2) is 0 Å². The standard InChI is InChI=1S/C13H16F3N3.ClH/c14-13(15,16)11-2-4-18-6-12(11)19-7-9-1-3-17-5-10(9)8-19;/h2,4,6,9-10,17H,1,3,5,7-8H2;1H/t9-,10+;/m0./s1. The smallest absolute Gasteiger partial charge is 0.369 e. The molecule has 7 heteroatoms. The predicted octanol–water partition coefficient (Wildman–Crippen LogP) is 2.57. The molecule has 0 bridgehead atoms. The summed E-state index contributed by atoms with van der Waals surface area (Å²) in [6.07, 6.45) is -0.725. The van der Waals surface area contributed by atoms with Gasteiger partial charge >= 0.3 is 6.18 Å². The van der Waals surface area contributed by atoms with Crippen molar-refractivity contribution in [2.45, 2.75) is 12.6 Å². The normalized spacial score (nSPS) is 26.1. The van der Waals surface area contributed by atoms with E-state index in [9.17, 15) is 13.2 Å². The highest BCUT2D eigenvalue weighted by molar-refractivity contribution is 5.85. The Bertz CT molecular complexity index is 452. The quantitative estimate of drug-likeness (QED) is 0.864. The van der Waals surface area contributed by atoms with Gasteiger partial charge in [-0.1, -0.05) is 0 Å². The molecule has 1 aromatic rings. The van der Waals surface area contributed by atoms with Gasteiger partial charge in [-0.2, -0.15) is 13.2 Å². The molecule has 0 amide bonds. The topological polar surface area (TPSA) is 28.2 Å². The molecule has 20 heavy (non-hydrogen) atoms. The molecule has 2 saturated heterocycles. The van der Waals surface area contributed by atoms with Crippen LogP contribution in [0.5, 0.6) is 0 Å². The second kappa shape index (κ2) is 5.77. The van der Waals surface area contributed by atoms with E-state index in [2.05, 4.69) is 10.3 Å². The van der Waals surface area contributed by atoms with Crippen molar-refractivity contribution in [3.8, 4) is 0 Å². The Morgan fingerprint density at radius 1 is 1.25 bits per heavy atom. The molecule has 112 valence electrons. The van der Waals surface area contributed by atoms with Gasteiger partial charge in [-0.05, 0) is 37.4 Å². The van der Waals surface area contributed by atoms with E-state index in [0.29, 0.717) is 24.9 Å². The van der Waals surface area contributed by atoms with Gasteiger partial charge in [0.25, 0.3) is 0 Å². The zero-order valence-corrected chi connectivity index (χ0v) is 11.7. The van der Waals surface area contributed by atoms with Crippen LogP contribution in [0.15, 0.2) is 18.5 Å². The molecule has 0 radical (unpaired) electrons. The van der Waals surface area contributed by atoms with Gasteiger partial charge in [0.05, 0.1) is 17.4 Å². The van der Waals surface area contributed by atoms with Crippen LogP contribution in [0.2, 0.25) is 0 Å². The Morgan fingerprint density at radius 2 is 2.00 bits per heavy atom. The molecule has 2 aliphatic rings. The zero-order valence-electron chi connectivity index (χ0n) is 10.9. The van der Waals surface area contributed by atoms with Crippen LogP contribution in [-0.4, -0.2) is 31.2 Å². The van der Waals surface area contributed by atoms with Crippen molar-refractivity contribution < 1.29 is 13.2 Å². The van der Waals surface area contributed by atoms with Crippen molar-refractivity contribution in [1.82, 2.24) is 10.3 Å². The number of pyridine rings is 1. The van der Waals surface area contributed by atoms with Crippen molar-refractivity contribution >= 4 is 18.1 Å². The fraction of sp³-hybridized carbons (Fsp3) is 0.615. The summed E-state index contributed by atoms with van der Waals surface area (Å²) in [5, 5.41) is 3.31. The van der Waals surface area contributed by atoms with Gasteiger partial charge < -0.3 is 10.2 Å². The maximum absolute atomic E-state index is 13.0. The average molecular weight is 308 g/mol. The maximum atomic E-state index is 13.0. The van der Waals surface area contributed by atoms with Crippen LogP contribution >= 0.6 is 12.4 Å². The largest absolute Gasteiger partial charge is 0.418 e. The number of hydrogen-bond donors (Lipinski definition) is 1. The molecule has 2 aliphatic heterocycles. The molecular weight excluding hydrogens is 291 g/mol. The zero-order chi connectivity index (χ0) is 13.5. The third-order valence-electron chi connectivity index (χ3n) is 4.12. The van der Waals surface area contributed by atoms with E-state index in [1.807, 2.05) is 4.90 Å². The van der Waals surface area contributed by atoms with Gasteiger partial charge in [-0.3, -0.25) is 4.98 Å². The summed E-state index contributed by atoms with van der Waals surface area (Å²) in [5.41, 5.74) is -0.349. The van der Waals surface area contributed by atoms with E-state index >= 15 is 0 Å². The minimum Gasteiger partial charge on any atom is -0.369 e. The minimum atomic E-state index is -4.32. The van der Waals surface area contributed by atoms with Gasteiger partial charge in [0.15, 0.2) is 0 Å². The fourth-order valence-corrected chi connectivity index (χ4v) is 3.15. The van der Waals surface area contributed by atoms with Crippen molar-refractivity contribution in [3.05, 3.63) is 24.0 Å². The summed E-state index contributed by atoms with van der Waals surface area (Å²) in [5.74, 6) is 0.956. The lowest BCUT2D eigenvalue weighted by Crippen LogP contribution is -2.35. The van der Waals surface area contributed by atoms with Gasteiger partial charge in [0.2, 0.25) is 0 Å². The SMILES string of the molecule is Cl.FC(F)(F)c1ccncc1N1C[C@H]2CNCC[C@H]2C1. The van der Waals surface area contributed by atoms with Crippen molar-refractivity contribution in [3.63, 3.8) is 0 Å². The highest BCUT2D eigenvalue weighted by Crippen LogP contribution is 2.39. The number of rotatable bonds is 1. The van der Waals surface area contributed by atoms with Crippen LogP contribution in [0.1, 0.15) is 12.0 Å². The molecule has 0 saturated carbocycles. The first kappa shape index (κ1) is 15.4. The first-order chi connectivity index (χ1) is 9.05. The Hall–Kier alpha value is -1.01. The molecule has 0 unspecified atom stereocenters. The van der Waals surface area contributed by atoms with E-state index in [4.69, 9.17) is 0 Å². The van der Waals surface area contributed by atoms with Crippen molar-refractivity contribution in [2.75, 3.05) is 31.1 Å². The van der Waals surface area contributed by atoms with Gasteiger partial charge in [-0.15, -0.1) is 12.4 Å². The molecule has 3 heterocycles. The number of anilines is 1. The molecule has 3 rings (SSSR count). The molecule has 3 nitrogen and oxygen atoms in total. The molecule has 0 aliphatic carbocycles. The molecule has 2 fully saturated rings. The lowest BCUT2D eigenvalue weighted by Gasteiger charge is -2.23. The van der Waals surface area contributed by atoms with E-state index in [-0.39, 0.29) is 18.1 Å². The molecule has 1 aromatic heterocycles. The Morgan fingerprint density at radius 3 is 2.70 bits per heavy atom. The Labute approximate surface area is 122 Å². The van der Waals surface area contributed by atoms with E-state index in [1.165, 1.54) is 12.4 Å². The average Bonchev–Trinajstić information content (AvgIpc) is 2.81. The number of hydrogen-bond acceptors (Lipinski definition) is 3. The number of fused-ring (bicyclic) bond motifs is 1. The second-order valence-corrected chi connectivity index (χ2v) is 5.31. The third-order valence-corrected chi connectivity index (χ3v) is 4.12. The Balaban J connectivity index is 0.00000147. The predicted molar refractivity (Wildman–Crippen MR) is 73.2 cm³/mol. The molecule has 1 N–H and O–H groups in total. The number of aromatic nitrogens is 1. The third kappa shape index (κ3) is 2.86. The van der Waals surface area contributed by atoms with Crippen LogP contribution in [0.3, 0.4) is 0 Å². The Kier molecular flexibility index (Phi) is 4.44. The summed E-state index contributed by atoms with van der Waals surface area (Å²) in [6, 6.07) is 1.07. The van der Waals surface area contributed by atoms with E-state index < -0.39 is 11.7 Å². The van der Waals surface area contributed by atoms with Crippen LogP contribution in [0, 0.1) is 11.8 Å². The number of alkyl halides is 3. The first-order valence-electron chi connectivity index (χ1n) is 6.52. The summed E-state index contributed by atoms with van der Waals surface area (Å²) in [7, 11) is 0. The molecular formula is C13H17ClF3N3. The summed E-state index contributed by atoms with van der Waals surface area (Å²) < 4.78 is 39.0. The number of nitrogens with one attached hydrogen (secondary N) is 1. The van der Waals surface area contributed by atoms with Gasteiger partial charge in [0, 0.05) is 19.3 Å². The fourth-order valence-electron chi connectivity index (χ4n) is 3.15. The maximum Gasteiger partial charge on any atom is 0.418 e. The summed E-state index contributed by atoms with van der Waals surface area (Å²) in [4.78, 5) is 5.71. The monoisotopic (exact) mass is 307 g/mol. The summed E-state index contributed by atoms with van der Waals surface area (Å²) in [6.45, 7) is 3.27. The van der Waals surface area contributed by atoms with Crippen LogP contribution in [-0.2, 0) is 6.18 Å². The van der Waals surface area contributed by atoms with E-state index in [0.717, 1.165) is 25.6 Å². The van der Waals surface area contributed by atoms with Gasteiger partial charge in [0.1, 0.15) is 0 Å². The van der Waals surface area contributed by atoms with Crippen LogP contribution in [0.4, 0.5) is 18.9 Å². The summed E-state index contributed by atoms with van der Waals surface area (Å²) >= 11 is 0. The lowest BCUT2D eigenvalue weighted by molar-refractivity contribution is -0.137. The van der Waals surface area contributed by atoms with Crippen molar-refractivity contribution in [2.24, 2.45) is 11.8 Å². The highest BCUT2D eigenvalue weighted by Gasteiger charge is 2.39. The highest BCUT2D eigenvalue weighted by atomic mass is 35.5. The van der Waals surface area contributed by atoms with E-state index in [1.54, 1.807) is 0 Å². The number of halogens is 4.